The zero-order chi connectivity index (χ0) is 19.6. The number of benzene rings is 2. The first-order chi connectivity index (χ1) is 12.2. The minimum Gasteiger partial charge on any atom is -0.460 e. The van der Waals surface area contributed by atoms with Gasteiger partial charge in [0.1, 0.15) is 12.6 Å². The SMILES string of the molecule is C=CCOC(=O)C(N)Cc1ccccc1.Cc1ccc(S(=O)(=O)O)cc1. The lowest BCUT2D eigenvalue weighted by Gasteiger charge is -2.10. The van der Waals surface area contributed by atoms with E-state index in [2.05, 4.69) is 6.58 Å². The normalized spacial score (nSPS) is 11.7. The summed E-state index contributed by atoms with van der Waals surface area (Å²) in [5.74, 6) is -0.390. The lowest BCUT2D eigenvalue weighted by atomic mass is 10.1. The maximum Gasteiger partial charge on any atom is 0.323 e. The van der Waals surface area contributed by atoms with Gasteiger partial charge in [-0.1, -0.05) is 60.7 Å². The van der Waals surface area contributed by atoms with E-state index in [1.807, 2.05) is 37.3 Å². The first-order valence-corrected chi connectivity index (χ1v) is 9.29. The maximum absolute atomic E-state index is 11.3. The predicted octanol–water partition coefficient (Wildman–Crippen LogP) is 2.53. The molecule has 0 bridgehead atoms. The van der Waals surface area contributed by atoms with Crippen molar-refractivity contribution in [3.8, 4) is 0 Å². The lowest BCUT2D eigenvalue weighted by Crippen LogP contribution is -2.34. The van der Waals surface area contributed by atoms with Crippen LogP contribution in [-0.2, 0) is 26.1 Å². The Kier molecular flexibility index (Phi) is 8.71. The molecule has 0 spiro atoms. The fraction of sp³-hybridized carbons (Fsp3) is 0.211. The third-order valence-corrected chi connectivity index (χ3v) is 4.13. The van der Waals surface area contributed by atoms with Crippen molar-refractivity contribution in [2.45, 2.75) is 24.3 Å². The van der Waals surface area contributed by atoms with Gasteiger partial charge in [0.2, 0.25) is 0 Å². The molecular weight excluding hydrogens is 354 g/mol. The number of nitrogens with two attached hydrogens (primary N) is 1. The Labute approximate surface area is 154 Å². The number of hydrogen-bond donors (Lipinski definition) is 2. The zero-order valence-corrected chi connectivity index (χ0v) is 15.4. The van der Waals surface area contributed by atoms with Gasteiger partial charge in [-0.05, 0) is 31.0 Å². The van der Waals surface area contributed by atoms with Crippen molar-refractivity contribution in [3.05, 3.63) is 78.4 Å². The minimum atomic E-state index is -4.02. The summed E-state index contributed by atoms with van der Waals surface area (Å²) in [6, 6.07) is 15.0. The molecule has 0 radical (unpaired) electrons. The van der Waals surface area contributed by atoms with Gasteiger partial charge in [-0.2, -0.15) is 8.42 Å². The Bertz CT molecular complexity index is 802. The molecule has 0 aliphatic heterocycles. The third kappa shape index (κ3) is 8.06. The van der Waals surface area contributed by atoms with Crippen LogP contribution in [0.15, 0.2) is 72.1 Å². The number of hydrogen-bond acceptors (Lipinski definition) is 5. The van der Waals surface area contributed by atoms with Crippen LogP contribution >= 0.6 is 0 Å². The van der Waals surface area contributed by atoms with Crippen LogP contribution in [0.3, 0.4) is 0 Å². The van der Waals surface area contributed by atoms with Gasteiger partial charge < -0.3 is 10.5 Å². The van der Waals surface area contributed by atoms with E-state index < -0.39 is 22.1 Å². The van der Waals surface area contributed by atoms with Crippen LogP contribution in [0.2, 0.25) is 0 Å². The van der Waals surface area contributed by atoms with Crippen LogP contribution in [0, 0.1) is 6.92 Å². The van der Waals surface area contributed by atoms with Crippen LogP contribution in [-0.4, -0.2) is 31.6 Å². The lowest BCUT2D eigenvalue weighted by molar-refractivity contribution is -0.143. The number of rotatable bonds is 6. The molecule has 26 heavy (non-hydrogen) atoms. The van der Waals surface area contributed by atoms with E-state index in [1.54, 1.807) is 12.1 Å². The average molecular weight is 377 g/mol. The number of aryl methyl sites for hydroxylation is 1. The highest BCUT2D eigenvalue weighted by atomic mass is 32.2. The second-order valence-corrected chi connectivity index (χ2v) is 6.92. The maximum atomic E-state index is 11.3. The minimum absolute atomic E-state index is 0.0666. The van der Waals surface area contributed by atoms with Crippen LogP contribution in [0.5, 0.6) is 0 Å². The van der Waals surface area contributed by atoms with E-state index in [9.17, 15) is 13.2 Å². The monoisotopic (exact) mass is 377 g/mol. The summed E-state index contributed by atoms with van der Waals surface area (Å²) in [6.45, 7) is 5.51. The summed E-state index contributed by atoms with van der Waals surface area (Å²) in [4.78, 5) is 11.2. The summed E-state index contributed by atoms with van der Waals surface area (Å²) in [5, 5.41) is 0. The predicted molar refractivity (Wildman–Crippen MR) is 100 cm³/mol. The van der Waals surface area contributed by atoms with Gasteiger partial charge in [-0.3, -0.25) is 9.35 Å². The van der Waals surface area contributed by atoms with Crippen molar-refractivity contribution in [2.75, 3.05) is 6.61 Å². The van der Waals surface area contributed by atoms with Gasteiger partial charge in [0, 0.05) is 0 Å². The number of esters is 1. The van der Waals surface area contributed by atoms with E-state index in [4.69, 9.17) is 15.0 Å². The van der Waals surface area contributed by atoms with Crippen LogP contribution in [0.1, 0.15) is 11.1 Å². The van der Waals surface area contributed by atoms with E-state index in [1.165, 1.54) is 18.2 Å². The molecule has 2 rings (SSSR count). The molecule has 0 aliphatic rings. The summed E-state index contributed by atoms with van der Waals surface area (Å²) in [5.41, 5.74) is 7.67. The van der Waals surface area contributed by atoms with Gasteiger partial charge in [0.15, 0.2) is 0 Å². The summed E-state index contributed by atoms with van der Waals surface area (Å²) < 4.78 is 34.4. The number of ether oxygens (including phenoxy) is 1. The molecule has 0 saturated carbocycles. The van der Waals surface area contributed by atoms with E-state index in [0.717, 1.165) is 11.1 Å². The van der Waals surface area contributed by atoms with Crippen molar-refractivity contribution in [2.24, 2.45) is 5.73 Å². The molecule has 140 valence electrons. The molecule has 2 aromatic rings. The standard InChI is InChI=1S/C12H15NO2.C7H8O3S/c1-2-8-15-12(14)11(13)9-10-6-4-3-5-7-10;1-6-2-4-7(5-3-6)11(8,9)10/h2-7,11H,1,8-9,13H2;2-5H,1H3,(H,8,9,10). The first-order valence-electron chi connectivity index (χ1n) is 7.85. The van der Waals surface area contributed by atoms with Gasteiger partial charge >= 0.3 is 5.97 Å². The van der Waals surface area contributed by atoms with Crippen molar-refractivity contribution >= 4 is 16.1 Å². The number of carbonyl (C=O) groups excluding carboxylic acids is 1. The zero-order valence-electron chi connectivity index (χ0n) is 14.5. The second-order valence-electron chi connectivity index (χ2n) is 5.50. The quantitative estimate of drug-likeness (QED) is 0.455. The van der Waals surface area contributed by atoms with Gasteiger partial charge in [0.05, 0.1) is 4.90 Å². The van der Waals surface area contributed by atoms with E-state index in [0.29, 0.717) is 6.42 Å². The van der Waals surface area contributed by atoms with Crippen molar-refractivity contribution in [3.63, 3.8) is 0 Å². The molecule has 6 nitrogen and oxygen atoms in total. The second kappa shape index (κ2) is 10.5. The first kappa shape index (κ1) is 21.6. The Hall–Kier alpha value is -2.48. The molecule has 0 fully saturated rings. The molecule has 0 amide bonds. The summed E-state index contributed by atoms with van der Waals surface area (Å²) in [7, 11) is -4.02. The molecule has 0 saturated heterocycles. The fourth-order valence-electron chi connectivity index (χ4n) is 1.91. The average Bonchev–Trinajstić information content (AvgIpc) is 2.60. The van der Waals surface area contributed by atoms with Crippen molar-refractivity contribution in [1.29, 1.82) is 0 Å². The highest BCUT2D eigenvalue weighted by Gasteiger charge is 2.14. The highest BCUT2D eigenvalue weighted by molar-refractivity contribution is 7.85. The molecule has 0 aliphatic carbocycles. The topological polar surface area (TPSA) is 107 Å². The largest absolute Gasteiger partial charge is 0.460 e. The molecule has 2 aromatic carbocycles. The van der Waals surface area contributed by atoms with E-state index >= 15 is 0 Å². The van der Waals surface area contributed by atoms with Gasteiger partial charge in [0.25, 0.3) is 10.1 Å². The fourth-order valence-corrected chi connectivity index (χ4v) is 2.39. The molecule has 0 aromatic heterocycles. The molecule has 0 heterocycles. The Morgan fingerprint density at radius 2 is 1.77 bits per heavy atom. The van der Waals surface area contributed by atoms with Gasteiger partial charge in [-0.25, -0.2) is 0 Å². The molecule has 1 atom stereocenters. The Morgan fingerprint density at radius 1 is 1.19 bits per heavy atom. The third-order valence-electron chi connectivity index (χ3n) is 3.26. The van der Waals surface area contributed by atoms with Crippen molar-refractivity contribution < 1.29 is 22.5 Å². The van der Waals surface area contributed by atoms with Crippen LogP contribution in [0.25, 0.3) is 0 Å². The van der Waals surface area contributed by atoms with Crippen LogP contribution < -0.4 is 5.73 Å². The van der Waals surface area contributed by atoms with Gasteiger partial charge in [-0.15, -0.1) is 0 Å². The van der Waals surface area contributed by atoms with Crippen LogP contribution in [0.4, 0.5) is 0 Å². The van der Waals surface area contributed by atoms with Crippen molar-refractivity contribution in [1.82, 2.24) is 0 Å². The molecule has 1 unspecified atom stereocenters. The molecule has 3 N–H and O–H groups in total. The van der Waals surface area contributed by atoms with E-state index in [-0.39, 0.29) is 11.5 Å². The smallest absolute Gasteiger partial charge is 0.323 e. The molecular formula is C19H23NO5S. The highest BCUT2D eigenvalue weighted by Crippen LogP contribution is 2.08. The number of carbonyl (C=O) groups is 1. The molecule has 7 heteroatoms. The Balaban J connectivity index is 0.000000273. The summed E-state index contributed by atoms with van der Waals surface area (Å²) in [6.07, 6.45) is 2.02. The summed E-state index contributed by atoms with van der Waals surface area (Å²) >= 11 is 0. The Morgan fingerprint density at radius 3 is 2.27 bits per heavy atom.